The molecule has 0 amide bonds. The first-order valence-corrected chi connectivity index (χ1v) is 7.54. The summed E-state index contributed by atoms with van der Waals surface area (Å²) in [5.74, 6) is 1.21. The summed E-state index contributed by atoms with van der Waals surface area (Å²) in [6, 6.07) is 11.5. The highest BCUT2D eigenvalue weighted by atomic mass is 32.1. The second-order valence-electron chi connectivity index (χ2n) is 4.94. The molecule has 108 valence electrons. The Morgan fingerprint density at radius 2 is 2.00 bits per heavy atom. The molecule has 1 aromatic carbocycles. The van der Waals surface area contributed by atoms with E-state index in [2.05, 4.69) is 10.2 Å². The normalized spacial score (nSPS) is 12.3. The van der Waals surface area contributed by atoms with E-state index in [-0.39, 0.29) is 5.56 Å². The number of thiazole rings is 1. The van der Waals surface area contributed by atoms with Crippen LogP contribution in [-0.4, -0.2) is 14.6 Å². The second kappa shape index (κ2) is 4.92. The average molecular weight is 309 g/mol. The molecule has 3 aromatic heterocycles. The molecule has 0 unspecified atom stereocenters. The predicted molar refractivity (Wildman–Crippen MR) is 84.8 cm³/mol. The van der Waals surface area contributed by atoms with Crippen molar-refractivity contribution in [1.82, 2.24) is 14.6 Å². The SMILES string of the molecule is Cc1ccc(-c2nnc3s/c(=C/c4ccco4)c(=O)n23)cc1. The van der Waals surface area contributed by atoms with Crippen LogP contribution < -0.4 is 10.1 Å². The van der Waals surface area contributed by atoms with Gasteiger partial charge >= 0.3 is 0 Å². The fourth-order valence-corrected chi connectivity index (χ4v) is 3.15. The van der Waals surface area contributed by atoms with Crippen molar-refractivity contribution in [3.8, 4) is 11.4 Å². The molecule has 0 spiro atoms. The molecule has 3 heterocycles. The van der Waals surface area contributed by atoms with E-state index in [0.29, 0.717) is 21.1 Å². The zero-order valence-electron chi connectivity index (χ0n) is 11.7. The number of aromatic nitrogens is 3. The highest BCUT2D eigenvalue weighted by molar-refractivity contribution is 7.15. The third-order valence-electron chi connectivity index (χ3n) is 3.37. The molecule has 5 nitrogen and oxygen atoms in total. The van der Waals surface area contributed by atoms with Crippen molar-refractivity contribution in [2.24, 2.45) is 0 Å². The van der Waals surface area contributed by atoms with Gasteiger partial charge in [-0.2, -0.15) is 0 Å². The Balaban J connectivity index is 1.94. The molecule has 4 rings (SSSR count). The molecule has 0 saturated carbocycles. The van der Waals surface area contributed by atoms with Crippen LogP contribution in [0.15, 0.2) is 51.9 Å². The summed E-state index contributed by atoms with van der Waals surface area (Å²) in [4.78, 5) is 13.2. The molecule has 0 aliphatic rings. The molecule has 4 aromatic rings. The number of nitrogens with zero attached hydrogens (tertiary/aromatic N) is 3. The van der Waals surface area contributed by atoms with E-state index in [4.69, 9.17) is 4.42 Å². The minimum Gasteiger partial charge on any atom is -0.465 e. The molecule has 0 atom stereocenters. The third kappa shape index (κ3) is 2.05. The first-order chi connectivity index (χ1) is 10.7. The Hall–Kier alpha value is -2.73. The second-order valence-corrected chi connectivity index (χ2v) is 5.95. The van der Waals surface area contributed by atoms with Gasteiger partial charge in [0.1, 0.15) is 10.3 Å². The molecule has 6 heteroatoms. The molecule has 0 aliphatic carbocycles. The first-order valence-electron chi connectivity index (χ1n) is 6.72. The van der Waals surface area contributed by atoms with E-state index in [1.165, 1.54) is 11.3 Å². The number of rotatable bonds is 2. The van der Waals surface area contributed by atoms with E-state index < -0.39 is 0 Å². The maximum Gasteiger partial charge on any atom is 0.276 e. The van der Waals surface area contributed by atoms with Gasteiger partial charge in [0.25, 0.3) is 5.56 Å². The van der Waals surface area contributed by atoms with Crippen LogP contribution in [0.5, 0.6) is 0 Å². The van der Waals surface area contributed by atoms with Crippen LogP contribution in [0.3, 0.4) is 0 Å². The largest absolute Gasteiger partial charge is 0.465 e. The van der Waals surface area contributed by atoms with Gasteiger partial charge in [0.05, 0.1) is 6.26 Å². The summed E-state index contributed by atoms with van der Waals surface area (Å²) in [7, 11) is 0. The van der Waals surface area contributed by atoms with E-state index in [0.717, 1.165) is 11.1 Å². The maximum atomic E-state index is 12.6. The predicted octanol–water partition coefficient (Wildman–Crippen LogP) is 2.27. The van der Waals surface area contributed by atoms with Crippen LogP contribution in [-0.2, 0) is 0 Å². The molecule has 0 radical (unpaired) electrons. The average Bonchev–Trinajstić information content (AvgIpc) is 3.21. The van der Waals surface area contributed by atoms with Crippen LogP contribution >= 0.6 is 11.3 Å². The number of fused-ring (bicyclic) bond motifs is 1. The molecular weight excluding hydrogens is 298 g/mol. The molecular formula is C16H11N3O2S. The molecule has 0 fully saturated rings. The van der Waals surface area contributed by atoms with Crippen molar-refractivity contribution in [2.45, 2.75) is 6.92 Å². The highest BCUT2D eigenvalue weighted by Gasteiger charge is 2.14. The van der Waals surface area contributed by atoms with Crippen molar-refractivity contribution < 1.29 is 4.42 Å². The lowest BCUT2D eigenvalue weighted by molar-refractivity contribution is 0.556. The van der Waals surface area contributed by atoms with Gasteiger partial charge in [0.2, 0.25) is 4.96 Å². The standard InChI is InChI=1S/C16H11N3O2S/c1-10-4-6-11(7-5-10)14-17-18-16-19(14)15(20)13(22-16)9-12-3-2-8-21-12/h2-9H,1H3/b13-9+. The van der Waals surface area contributed by atoms with E-state index in [9.17, 15) is 4.79 Å². The zero-order chi connectivity index (χ0) is 15.1. The molecule has 0 N–H and O–H groups in total. The van der Waals surface area contributed by atoms with Crippen molar-refractivity contribution in [3.63, 3.8) is 0 Å². The van der Waals surface area contributed by atoms with Crippen molar-refractivity contribution in [3.05, 3.63) is 68.9 Å². The number of benzene rings is 1. The molecule has 0 saturated heterocycles. The summed E-state index contributed by atoms with van der Waals surface area (Å²) in [6.07, 6.45) is 3.30. The lowest BCUT2D eigenvalue weighted by Gasteiger charge is -1.97. The molecule has 22 heavy (non-hydrogen) atoms. The Morgan fingerprint density at radius 1 is 1.18 bits per heavy atom. The summed E-state index contributed by atoms with van der Waals surface area (Å²) >= 11 is 1.30. The summed E-state index contributed by atoms with van der Waals surface area (Å²) in [5, 5.41) is 8.25. The zero-order valence-corrected chi connectivity index (χ0v) is 12.5. The number of aryl methyl sites for hydroxylation is 1. The van der Waals surface area contributed by atoms with Crippen LogP contribution in [0, 0.1) is 6.92 Å². The fourth-order valence-electron chi connectivity index (χ4n) is 2.25. The Kier molecular flexibility index (Phi) is 2.90. The Morgan fingerprint density at radius 3 is 2.73 bits per heavy atom. The number of hydrogen-bond acceptors (Lipinski definition) is 5. The van der Waals surface area contributed by atoms with Crippen molar-refractivity contribution in [1.29, 1.82) is 0 Å². The van der Waals surface area contributed by atoms with Crippen molar-refractivity contribution >= 4 is 22.4 Å². The van der Waals surface area contributed by atoms with Gasteiger partial charge in [-0.15, -0.1) is 10.2 Å². The minimum atomic E-state index is -0.128. The lowest BCUT2D eigenvalue weighted by atomic mass is 10.1. The highest BCUT2D eigenvalue weighted by Crippen LogP contribution is 2.18. The van der Waals surface area contributed by atoms with E-state index in [1.807, 2.05) is 31.2 Å². The fraction of sp³-hybridized carbons (Fsp3) is 0.0625. The van der Waals surface area contributed by atoms with Crippen LogP contribution in [0.4, 0.5) is 0 Å². The summed E-state index contributed by atoms with van der Waals surface area (Å²) < 4.78 is 7.38. The van der Waals surface area contributed by atoms with Gasteiger partial charge in [-0.05, 0) is 19.1 Å². The lowest BCUT2D eigenvalue weighted by Crippen LogP contribution is -2.23. The summed E-state index contributed by atoms with van der Waals surface area (Å²) in [5.41, 5.74) is 1.90. The molecule has 0 bridgehead atoms. The quantitative estimate of drug-likeness (QED) is 0.570. The maximum absolute atomic E-state index is 12.6. The van der Waals surface area contributed by atoms with E-state index >= 15 is 0 Å². The summed E-state index contributed by atoms with van der Waals surface area (Å²) in [6.45, 7) is 2.02. The van der Waals surface area contributed by atoms with Gasteiger partial charge in [0.15, 0.2) is 5.82 Å². The number of furan rings is 1. The van der Waals surface area contributed by atoms with Crippen LogP contribution in [0.25, 0.3) is 22.4 Å². The van der Waals surface area contributed by atoms with Gasteiger partial charge in [-0.3, -0.25) is 4.79 Å². The smallest absolute Gasteiger partial charge is 0.276 e. The van der Waals surface area contributed by atoms with Crippen molar-refractivity contribution in [2.75, 3.05) is 0 Å². The molecule has 0 aliphatic heterocycles. The van der Waals surface area contributed by atoms with Gasteiger partial charge in [-0.25, -0.2) is 4.40 Å². The van der Waals surface area contributed by atoms with Gasteiger partial charge in [-0.1, -0.05) is 41.2 Å². The Labute approximate surface area is 129 Å². The minimum absolute atomic E-state index is 0.128. The van der Waals surface area contributed by atoms with Gasteiger partial charge in [0, 0.05) is 11.6 Å². The van der Waals surface area contributed by atoms with Gasteiger partial charge < -0.3 is 4.42 Å². The van der Waals surface area contributed by atoms with E-state index in [1.54, 1.807) is 28.9 Å². The monoisotopic (exact) mass is 309 g/mol. The van der Waals surface area contributed by atoms with Crippen LogP contribution in [0.1, 0.15) is 11.3 Å². The third-order valence-corrected chi connectivity index (χ3v) is 4.33. The van der Waals surface area contributed by atoms with Crippen LogP contribution in [0.2, 0.25) is 0 Å². The first kappa shape index (κ1) is 13.0. The topological polar surface area (TPSA) is 60.4 Å². The Bertz CT molecular complexity index is 1040. The number of hydrogen-bond donors (Lipinski definition) is 0.